The van der Waals surface area contributed by atoms with Gasteiger partial charge in [0.15, 0.2) is 0 Å². The molecule has 0 aliphatic heterocycles. The summed E-state index contributed by atoms with van der Waals surface area (Å²) < 4.78 is 5.07. The molecule has 0 spiro atoms. The van der Waals surface area contributed by atoms with E-state index in [9.17, 15) is 9.59 Å². The van der Waals surface area contributed by atoms with Gasteiger partial charge in [0.2, 0.25) is 0 Å². The highest BCUT2D eigenvalue weighted by Gasteiger charge is 2.07. The minimum atomic E-state index is -0.989. The molecular weight excluding hydrogens is 236 g/mol. The number of methoxy groups -OCH3 is 1. The Morgan fingerprint density at radius 2 is 2.00 bits per heavy atom. The molecule has 0 bridgehead atoms. The van der Waals surface area contributed by atoms with Crippen molar-refractivity contribution in [1.29, 1.82) is 0 Å². The zero-order chi connectivity index (χ0) is 13.5. The first-order valence-corrected chi connectivity index (χ1v) is 5.12. The fourth-order valence-electron chi connectivity index (χ4n) is 1.35. The van der Waals surface area contributed by atoms with Gasteiger partial charge in [0.1, 0.15) is 12.2 Å². The average molecular weight is 248 g/mol. The Kier molecular flexibility index (Phi) is 4.76. The molecule has 1 rings (SSSR count). The number of hydrogen-bond acceptors (Lipinski definition) is 3. The first kappa shape index (κ1) is 13.6. The molecular formula is C13H12O5. The molecule has 0 aromatic heterocycles. The summed E-state index contributed by atoms with van der Waals surface area (Å²) in [5.74, 6) is 3.66. The van der Waals surface area contributed by atoms with Crippen LogP contribution in [0.5, 0.6) is 5.75 Å². The van der Waals surface area contributed by atoms with Gasteiger partial charge in [-0.3, -0.25) is 9.59 Å². The Balaban J connectivity index is 2.93. The number of carboxylic acid groups (broad SMARTS) is 2. The summed E-state index contributed by atoms with van der Waals surface area (Å²) in [6, 6.07) is 4.83. The second kappa shape index (κ2) is 6.30. The van der Waals surface area contributed by atoms with Crippen LogP contribution in [0.1, 0.15) is 17.5 Å². The lowest BCUT2D eigenvalue weighted by atomic mass is 10.1. The molecule has 0 fully saturated rings. The second-order valence-electron chi connectivity index (χ2n) is 3.47. The maximum absolute atomic E-state index is 10.6. The van der Waals surface area contributed by atoms with Gasteiger partial charge in [-0.15, -0.1) is 0 Å². The SMILES string of the molecule is COc1cc(C#CCC(=O)O)ccc1CC(=O)O. The fourth-order valence-corrected chi connectivity index (χ4v) is 1.35. The van der Waals surface area contributed by atoms with Crippen molar-refractivity contribution in [2.24, 2.45) is 0 Å². The van der Waals surface area contributed by atoms with E-state index in [1.54, 1.807) is 18.2 Å². The summed E-state index contributed by atoms with van der Waals surface area (Å²) in [5.41, 5.74) is 1.14. The average Bonchev–Trinajstić information content (AvgIpc) is 2.29. The van der Waals surface area contributed by atoms with Crippen molar-refractivity contribution < 1.29 is 24.5 Å². The van der Waals surface area contributed by atoms with Crippen LogP contribution in [0.3, 0.4) is 0 Å². The summed E-state index contributed by atoms with van der Waals surface area (Å²) >= 11 is 0. The van der Waals surface area contributed by atoms with E-state index < -0.39 is 11.9 Å². The first-order chi connectivity index (χ1) is 8.52. The van der Waals surface area contributed by atoms with Gasteiger partial charge in [0, 0.05) is 11.1 Å². The van der Waals surface area contributed by atoms with Crippen LogP contribution in [0.15, 0.2) is 18.2 Å². The molecule has 0 aliphatic rings. The highest BCUT2D eigenvalue weighted by atomic mass is 16.5. The van der Waals surface area contributed by atoms with Gasteiger partial charge >= 0.3 is 11.9 Å². The third-order valence-electron chi connectivity index (χ3n) is 2.10. The Hall–Kier alpha value is -2.48. The smallest absolute Gasteiger partial charge is 0.315 e. The van der Waals surface area contributed by atoms with Crippen LogP contribution >= 0.6 is 0 Å². The van der Waals surface area contributed by atoms with Crippen molar-refractivity contribution in [2.45, 2.75) is 12.8 Å². The summed E-state index contributed by atoms with van der Waals surface area (Å²) in [6.45, 7) is 0. The minimum absolute atomic E-state index is 0.133. The summed E-state index contributed by atoms with van der Waals surface area (Å²) in [5, 5.41) is 17.2. The van der Waals surface area contributed by atoms with Crippen molar-refractivity contribution in [3.8, 4) is 17.6 Å². The van der Waals surface area contributed by atoms with E-state index in [-0.39, 0.29) is 12.8 Å². The van der Waals surface area contributed by atoms with E-state index in [4.69, 9.17) is 14.9 Å². The molecule has 0 saturated heterocycles. The molecule has 0 atom stereocenters. The molecule has 1 aromatic carbocycles. The third-order valence-corrected chi connectivity index (χ3v) is 2.10. The highest BCUT2D eigenvalue weighted by molar-refractivity contribution is 5.72. The van der Waals surface area contributed by atoms with Gasteiger partial charge in [-0.1, -0.05) is 17.9 Å². The molecule has 2 N–H and O–H groups in total. The molecule has 1 aromatic rings. The van der Waals surface area contributed by atoms with Crippen LogP contribution in [0.25, 0.3) is 0 Å². The maximum Gasteiger partial charge on any atom is 0.315 e. The van der Waals surface area contributed by atoms with Crippen molar-refractivity contribution in [1.82, 2.24) is 0 Å². The van der Waals surface area contributed by atoms with E-state index >= 15 is 0 Å². The fraction of sp³-hybridized carbons (Fsp3) is 0.231. The zero-order valence-corrected chi connectivity index (χ0v) is 9.77. The van der Waals surface area contributed by atoms with Gasteiger partial charge in [0.05, 0.1) is 13.5 Å². The number of rotatable bonds is 4. The number of ether oxygens (including phenoxy) is 1. The van der Waals surface area contributed by atoms with Crippen LogP contribution in [-0.4, -0.2) is 29.3 Å². The van der Waals surface area contributed by atoms with E-state index in [2.05, 4.69) is 11.8 Å². The maximum atomic E-state index is 10.6. The minimum Gasteiger partial charge on any atom is -0.496 e. The lowest BCUT2D eigenvalue weighted by molar-refractivity contribution is -0.137. The number of benzene rings is 1. The first-order valence-electron chi connectivity index (χ1n) is 5.12. The second-order valence-corrected chi connectivity index (χ2v) is 3.47. The molecule has 0 aliphatic carbocycles. The van der Waals surface area contributed by atoms with Crippen molar-refractivity contribution >= 4 is 11.9 Å². The summed E-state index contributed by atoms with van der Waals surface area (Å²) in [4.78, 5) is 20.9. The lowest BCUT2D eigenvalue weighted by Gasteiger charge is -2.06. The zero-order valence-electron chi connectivity index (χ0n) is 9.77. The van der Waals surface area contributed by atoms with Gasteiger partial charge < -0.3 is 14.9 Å². The van der Waals surface area contributed by atoms with E-state index in [0.29, 0.717) is 16.9 Å². The molecule has 5 heteroatoms. The van der Waals surface area contributed by atoms with Crippen molar-refractivity contribution in [3.63, 3.8) is 0 Å². The number of carboxylic acids is 2. The molecule has 0 radical (unpaired) electrons. The Bertz CT molecular complexity index is 522. The van der Waals surface area contributed by atoms with Gasteiger partial charge in [-0.2, -0.15) is 0 Å². The Morgan fingerprint density at radius 3 is 2.56 bits per heavy atom. The van der Waals surface area contributed by atoms with E-state index in [1.165, 1.54) is 7.11 Å². The molecule has 0 heterocycles. The molecule has 5 nitrogen and oxygen atoms in total. The highest BCUT2D eigenvalue weighted by Crippen LogP contribution is 2.20. The topological polar surface area (TPSA) is 83.8 Å². The van der Waals surface area contributed by atoms with Gasteiger partial charge in [-0.25, -0.2) is 0 Å². The van der Waals surface area contributed by atoms with Gasteiger partial charge in [0.25, 0.3) is 0 Å². The molecule has 18 heavy (non-hydrogen) atoms. The molecule has 0 saturated carbocycles. The van der Waals surface area contributed by atoms with E-state index in [1.807, 2.05) is 0 Å². The molecule has 0 amide bonds. The largest absolute Gasteiger partial charge is 0.496 e. The number of aliphatic carboxylic acids is 2. The quantitative estimate of drug-likeness (QED) is 0.781. The van der Waals surface area contributed by atoms with Crippen LogP contribution < -0.4 is 4.74 Å². The van der Waals surface area contributed by atoms with Crippen molar-refractivity contribution in [2.75, 3.05) is 7.11 Å². The van der Waals surface area contributed by atoms with Crippen LogP contribution in [0.2, 0.25) is 0 Å². The van der Waals surface area contributed by atoms with Gasteiger partial charge in [-0.05, 0) is 12.1 Å². The lowest BCUT2D eigenvalue weighted by Crippen LogP contribution is -2.02. The van der Waals surface area contributed by atoms with Crippen LogP contribution in [0.4, 0.5) is 0 Å². The number of carbonyl (C=O) groups is 2. The predicted octanol–water partition coefficient (Wildman–Crippen LogP) is 1.15. The summed E-state index contributed by atoms with van der Waals surface area (Å²) in [7, 11) is 1.44. The van der Waals surface area contributed by atoms with Crippen LogP contribution in [0, 0.1) is 11.8 Å². The molecule has 94 valence electrons. The summed E-state index contributed by atoms with van der Waals surface area (Å²) in [6.07, 6.45) is -0.370. The Morgan fingerprint density at radius 1 is 1.28 bits per heavy atom. The third kappa shape index (κ3) is 4.18. The number of hydrogen-bond donors (Lipinski definition) is 2. The van der Waals surface area contributed by atoms with Crippen LogP contribution in [-0.2, 0) is 16.0 Å². The standard InChI is InChI=1S/C13H12O5/c1-18-11-7-9(3-2-4-12(14)15)5-6-10(11)8-13(16)17/h5-7H,4,8H2,1H3,(H,14,15)(H,16,17). The normalized spacial score (nSPS) is 9.17. The molecule has 0 unspecified atom stereocenters. The Labute approximate surface area is 104 Å². The van der Waals surface area contributed by atoms with Crippen molar-refractivity contribution in [3.05, 3.63) is 29.3 Å². The predicted molar refractivity (Wildman–Crippen MR) is 63.5 cm³/mol. The van der Waals surface area contributed by atoms with E-state index in [0.717, 1.165) is 0 Å². The monoisotopic (exact) mass is 248 g/mol.